The quantitative estimate of drug-likeness (QED) is 0.791. The van der Waals surface area contributed by atoms with Crippen LogP contribution in [-0.4, -0.2) is 41.0 Å². The molecule has 0 saturated carbocycles. The lowest BCUT2D eigenvalue weighted by Gasteiger charge is -2.31. The molecule has 1 aliphatic rings. The van der Waals surface area contributed by atoms with E-state index in [1.165, 1.54) is 6.07 Å². The summed E-state index contributed by atoms with van der Waals surface area (Å²) in [4.78, 5) is 24.0. The molecule has 1 aliphatic heterocycles. The molecule has 1 fully saturated rings. The molecule has 0 radical (unpaired) electrons. The van der Waals surface area contributed by atoms with Gasteiger partial charge in [-0.1, -0.05) is 0 Å². The lowest BCUT2D eigenvalue weighted by molar-refractivity contribution is -0.128. The van der Waals surface area contributed by atoms with Crippen molar-refractivity contribution in [2.24, 2.45) is 0 Å². The number of aromatic carboxylic acids is 1. The van der Waals surface area contributed by atoms with E-state index in [-0.39, 0.29) is 17.7 Å². The molecule has 1 aromatic heterocycles. The summed E-state index contributed by atoms with van der Waals surface area (Å²) in [5.74, 6) is -0.611. The van der Waals surface area contributed by atoms with Crippen LogP contribution in [0.25, 0.3) is 0 Å². The fourth-order valence-electron chi connectivity index (χ4n) is 1.82. The molecule has 2 N–H and O–H groups in total. The zero-order chi connectivity index (χ0) is 12.4. The first kappa shape index (κ1) is 11.7. The summed E-state index contributed by atoms with van der Waals surface area (Å²) < 4.78 is 5.16. The van der Waals surface area contributed by atoms with Crippen LogP contribution in [0.4, 0.5) is 0 Å². The van der Waals surface area contributed by atoms with Crippen LogP contribution in [0.1, 0.15) is 23.2 Å². The van der Waals surface area contributed by atoms with Crippen LogP contribution < -0.4 is 5.32 Å². The van der Waals surface area contributed by atoms with E-state index < -0.39 is 5.97 Å². The number of hydrogen-bond donors (Lipinski definition) is 2. The number of rotatable bonds is 3. The number of carboxylic acids is 1. The van der Waals surface area contributed by atoms with Gasteiger partial charge in [-0.15, -0.1) is 0 Å². The first-order chi connectivity index (χ1) is 8.08. The first-order valence-electron chi connectivity index (χ1n) is 5.41. The van der Waals surface area contributed by atoms with Crippen molar-refractivity contribution in [3.8, 4) is 0 Å². The Morgan fingerprint density at radius 1 is 1.65 bits per heavy atom. The molecular formula is C11H14N2O4. The molecular weight excluding hydrogens is 224 g/mol. The molecule has 0 spiro atoms. The summed E-state index contributed by atoms with van der Waals surface area (Å²) >= 11 is 0. The highest BCUT2D eigenvalue weighted by Crippen LogP contribution is 2.13. The standard InChI is InChI=1S/C11H14N2O4/c1-7-10(14)12-4-5-13(7)6-8-2-3-9(17-8)11(15)16/h2-3,7H,4-6H2,1H3,(H,12,14)(H,15,16). The Kier molecular flexibility index (Phi) is 3.14. The van der Waals surface area contributed by atoms with Crippen LogP contribution in [0.2, 0.25) is 0 Å². The van der Waals surface area contributed by atoms with Gasteiger partial charge in [0.1, 0.15) is 5.76 Å². The van der Waals surface area contributed by atoms with Crippen molar-refractivity contribution in [2.45, 2.75) is 19.5 Å². The van der Waals surface area contributed by atoms with Gasteiger partial charge >= 0.3 is 5.97 Å². The van der Waals surface area contributed by atoms with E-state index in [0.29, 0.717) is 18.8 Å². The van der Waals surface area contributed by atoms with Crippen molar-refractivity contribution in [1.29, 1.82) is 0 Å². The maximum Gasteiger partial charge on any atom is 0.371 e. The molecule has 2 heterocycles. The van der Waals surface area contributed by atoms with Crippen molar-refractivity contribution in [3.63, 3.8) is 0 Å². The highest BCUT2D eigenvalue weighted by molar-refractivity contribution is 5.84. The summed E-state index contributed by atoms with van der Waals surface area (Å²) in [5.41, 5.74) is 0. The molecule has 0 aliphatic carbocycles. The van der Waals surface area contributed by atoms with E-state index in [4.69, 9.17) is 9.52 Å². The van der Waals surface area contributed by atoms with Gasteiger partial charge in [-0.25, -0.2) is 4.79 Å². The minimum atomic E-state index is -1.08. The fourth-order valence-corrected chi connectivity index (χ4v) is 1.82. The third-order valence-corrected chi connectivity index (χ3v) is 2.86. The number of nitrogens with zero attached hydrogens (tertiary/aromatic N) is 1. The molecule has 1 saturated heterocycles. The Hall–Kier alpha value is -1.82. The topological polar surface area (TPSA) is 82.8 Å². The largest absolute Gasteiger partial charge is 0.475 e. The Morgan fingerprint density at radius 3 is 3.06 bits per heavy atom. The zero-order valence-corrected chi connectivity index (χ0v) is 9.47. The summed E-state index contributed by atoms with van der Waals surface area (Å²) in [6.45, 7) is 3.60. The molecule has 0 aromatic carbocycles. The number of carbonyl (C=O) groups excluding carboxylic acids is 1. The van der Waals surface area contributed by atoms with Crippen molar-refractivity contribution >= 4 is 11.9 Å². The molecule has 17 heavy (non-hydrogen) atoms. The number of amides is 1. The number of hydrogen-bond acceptors (Lipinski definition) is 4. The van der Waals surface area contributed by atoms with Crippen LogP contribution in [0.5, 0.6) is 0 Å². The molecule has 1 atom stereocenters. The minimum absolute atomic E-state index is 0.0127. The van der Waals surface area contributed by atoms with Crippen molar-refractivity contribution in [2.75, 3.05) is 13.1 Å². The van der Waals surface area contributed by atoms with E-state index in [0.717, 1.165) is 6.54 Å². The first-order valence-corrected chi connectivity index (χ1v) is 5.41. The smallest absolute Gasteiger partial charge is 0.371 e. The Balaban J connectivity index is 2.04. The van der Waals surface area contributed by atoms with Gasteiger partial charge in [-0.3, -0.25) is 9.69 Å². The minimum Gasteiger partial charge on any atom is -0.475 e. The van der Waals surface area contributed by atoms with Crippen LogP contribution in [0.3, 0.4) is 0 Å². The second kappa shape index (κ2) is 4.58. The lowest BCUT2D eigenvalue weighted by Crippen LogP contribution is -2.53. The predicted molar refractivity (Wildman–Crippen MR) is 58.5 cm³/mol. The molecule has 1 aromatic rings. The average molecular weight is 238 g/mol. The van der Waals surface area contributed by atoms with E-state index in [9.17, 15) is 9.59 Å². The van der Waals surface area contributed by atoms with Gasteiger partial charge in [0.2, 0.25) is 11.7 Å². The molecule has 6 nitrogen and oxygen atoms in total. The van der Waals surface area contributed by atoms with E-state index in [1.54, 1.807) is 6.07 Å². The highest BCUT2D eigenvalue weighted by Gasteiger charge is 2.26. The van der Waals surface area contributed by atoms with Crippen molar-refractivity contribution in [1.82, 2.24) is 10.2 Å². The predicted octanol–water partition coefficient (Wildman–Crippen LogP) is 0.298. The van der Waals surface area contributed by atoms with Crippen LogP contribution >= 0.6 is 0 Å². The molecule has 6 heteroatoms. The number of piperazine rings is 1. The summed E-state index contributed by atoms with van der Waals surface area (Å²) in [7, 11) is 0. The normalized spacial score (nSPS) is 21.2. The fraction of sp³-hybridized carbons (Fsp3) is 0.455. The molecule has 0 bridgehead atoms. The van der Waals surface area contributed by atoms with Crippen molar-refractivity contribution < 1.29 is 19.1 Å². The third kappa shape index (κ3) is 2.47. The average Bonchev–Trinajstić information content (AvgIpc) is 2.73. The number of furan rings is 1. The maximum absolute atomic E-state index is 11.4. The molecule has 1 unspecified atom stereocenters. The van der Waals surface area contributed by atoms with E-state index >= 15 is 0 Å². The summed E-state index contributed by atoms with van der Waals surface area (Å²) in [6, 6.07) is 2.83. The van der Waals surface area contributed by atoms with E-state index in [1.807, 2.05) is 11.8 Å². The van der Waals surface area contributed by atoms with Crippen LogP contribution in [0, 0.1) is 0 Å². The second-order valence-electron chi connectivity index (χ2n) is 4.01. The van der Waals surface area contributed by atoms with Gasteiger partial charge in [-0.05, 0) is 19.1 Å². The van der Waals surface area contributed by atoms with Crippen LogP contribution in [-0.2, 0) is 11.3 Å². The zero-order valence-electron chi connectivity index (χ0n) is 9.47. The monoisotopic (exact) mass is 238 g/mol. The Labute approximate surface area is 98.2 Å². The van der Waals surface area contributed by atoms with Gasteiger partial charge in [0.15, 0.2) is 0 Å². The van der Waals surface area contributed by atoms with Gasteiger partial charge in [0, 0.05) is 13.1 Å². The molecule has 92 valence electrons. The van der Waals surface area contributed by atoms with E-state index in [2.05, 4.69) is 5.32 Å². The SMILES string of the molecule is CC1C(=O)NCCN1Cc1ccc(C(=O)O)o1. The Morgan fingerprint density at radius 2 is 2.41 bits per heavy atom. The summed E-state index contributed by atoms with van der Waals surface area (Å²) in [5, 5.41) is 11.5. The molecule has 2 rings (SSSR count). The lowest BCUT2D eigenvalue weighted by atomic mass is 10.2. The van der Waals surface area contributed by atoms with Crippen molar-refractivity contribution in [3.05, 3.63) is 23.7 Å². The second-order valence-corrected chi connectivity index (χ2v) is 4.01. The van der Waals surface area contributed by atoms with Crippen LogP contribution in [0.15, 0.2) is 16.5 Å². The number of carboxylic acid groups (broad SMARTS) is 1. The highest BCUT2D eigenvalue weighted by atomic mass is 16.4. The van der Waals surface area contributed by atoms with Gasteiger partial charge in [0.05, 0.1) is 12.6 Å². The number of carbonyl (C=O) groups is 2. The van der Waals surface area contributed by atoms with Gasteiger partial charge < -0.3 is 14.8 Å². The molecule has 1 amide bonds. The summed E-state index contributed by atoms with van der Waals surface area (Å²) in [6.07, 6.45) is 0. The number of nitrogens with one attached hydrogen (secondary N) is 1. The third-order valence-electron chi connectivity index (χ3n) is 2.86. The van der Waals surface area contributed by atoms with Gasteiger partial charge in [-0.2, -0.15) is 0 Å². The maximum atomic E-state index is 11.4. The Bertz CT molecular complexity index is 440. The van der Waals surface area contributed by atoms with Gasteiger partial charge in [0.25, 0.3) is 0 Å².